The molecule has 1 fully saturated rings. The molecule has 1 saturated carbocycles. The number of amides is 1. The number of fused-ring (bicyclic) bond motifs is 2. The van der Waals surface area contributed by atoms with Crippen molar-refractivity contribution >= 4 is 28.7 Å². The van der Waals surface area contributed by atoms with Gasteiger partial charge in [0.15, 0.2) is 0 Å². The largest absolute Gasteiger partial charge is 0.351 e. The normalized spacial score (nSPS) is 21.3. The average Bonchev–Trinajstić information content (AvgIpc) is 3.31. The van der Waals surface area contributed by atoms with Crippen LogP contribution < -0.4 is 5.32 Å². The first-order valence-corrected chi connectivity index (χ1v) is 9.54. The number of carbonyl (C=O) groups is 1. The van der Waals surface area contributed by atoms with Crippen molar-refractivity contribution in [1.29, 1.82) is 0 Å². The molecule has 2 N–H and O–H groups in total. The fraction of sp³-hybridized carbons (Fsp3) is 0.350. The first kappa shape index (κ1) is 17.6. The third-order valence-corrected chi connectivity index (χ3v) is 5.64. The molecule has 4 aromatic rings. The summed E-state index contributed by atoms with van der Waals surface area (Å²) >= 11 is 0. The van der Waals surface area contributed by atoms with Crippen molar-refractivity contribution in [3.63, 3.8) is 0 Å². The highest BCUT2D eigenvalue weighted by Crippen LogP contribution is 2.43. The zero-order chi connectivity index (χ0) is 20.2. The molecule has 5 rings (SSSR count). The van der Waals surface area contributed by atoms with Crippen LogP contribution in [0.3, 0.4) is 0 Å². The molecule has 0 unspecified atom stereocenters. The van der Waals surface area contributed by atoms with Crippen LogP contribution in [-0.4, -0.2) is 60.3 Å². The van der Waals surface area contributed by atoms with E-state index in [1.165, 1.54) is 0 Å². The van der Waals surface area contributed by atoms with E-state index in [2.05, 4.69) is 30.2 Å². The number of anilines is 1. The molecule has 1 aliphatic rings. The van der Waals surface area contributed by atoms with Crippen LogP contribution in [0, 0.1) is 5.41 Å². The molecule has 29 heavy (non-hydrogen) atoms. The number of nitrogens with one attached hydrogen (secondary N) is 2. The van der Waals surface area contributed by atoms with E-state index in [1.807, 2.05) is 36.1 Å². The van der Waals surface area contributed by atoms with Crippen molar-refractivity contribution in [3.8, 4) is 11.1 Å². The molecule has 1 aliphatic carbocycles. The number of rotatable bonds is 4. The highest BCUT2D eigenvalue weighted by molar-refractivity contribution is 5.93. The second kappa shape index (κ2) is 6.26. The molecule has 4 heterocycles. The van der Waals surface area contributed by atoms with Gasteiger partial charge in [-0.2, -0.15) is 4.98 Å². The van der Waals surface area contributed by atoms with Gasteiger partial charge in [0.1, 0.15) is 5.65 Å². The van der Waals surface area contributed by atoms with Gasteiger partial charge < -0.3 is 15.2 Å². The van der Waals surface area contributed by atoms with Crippen LogP contribution in [0.5, 0.6) is 0 Å². The summed E-state index contributed by atoms with van der Waals surface area (Å²) < 4.78 is 1.88. The number of hydrogen-bond donors (Lipinski definition) is 2. The molecule has 9 heteroatoms. The standard InChI is InChI=1S/C20H22N8O/c1-20(17(29)27(2)3)6-13(7-20)25-18-23-10-15-14(9-22-16(15)26-18)12-8-24-19-21-4-5-28(19)11-12/h4-5,8-11,13H,6-7H2,1-3H3,(H2,22,23,25,26). The second-order valence-electron chi connectivity index (χ2n) is 8.15. The number of hydrogen-bond acceptors (Lipinski definition) is 6. The van der Waals surface area contributed by atoms with Crippen molar-refractivity contribution in [2.24, 2.45) is 5.41 Å². The number of carbonyl (C=O) groups excluding carboxylic acids is 1. The lowest BCUT2D eigenvalue weighted by Crippen LogP contribution is -2.52. The summed E-state index contributed by atoms with van der Waals surface area (Å²) in [6, 6.07) is 0.198. The van der Waals surface area contributed by atoms with Crippen LogP contribution in [0.4, 0.5) is 5.95 Å². The van der Waals surface area contributed by atoms with Crippen LogP contribution in [0.1, 0.15) is 19.8 Å². The monoisotopic (exact) mass is 390 g/mol. The van der Waals surface area contributed by atoms with Crippen molar-refractivity contribution in [1.82, 2.24) is 34.2 Å². The summed E-state index contributed by atoms with van der Waals surface area (Å²) in [6.07, 6.45) is 12.7. The Labute approximate surface area is 167 Å². The second-order valence-corrected chi connectivity index (χ2v) is 8.15. The predicted molar refractivity (Wildman–Crippen MR) is 109 cm³/mol. The quantitative estimate of drug-likeness (QED) is 0.554. The first-order valence-electron chi connectivity index (χ1n) is 9.54. The summed E-state index contributed by atoms with van der Waals surface area (Å²) in [5.74, 6) is 1.40. The van der Waals surface area contributed by atoms with E-state index >= 15 is 0 Å². The Bertz CT molecular complexity index is 1220. The van der Waals surface area contributed by atoms with Gasteiger partial charge in [0.2, 0.25) is 17.6 Å². The number of aromatic amines is 1. The zero-order valence-corrected chi connectivity index (χ0v) is 16.5. The minimum Gasteiger partial charge on any atom is -0.351 e. The van der Waals surface area contributed by atoms with E-state index in [1.54, 1.807) is 31.4 Å². The molecular weight excluding hydrogens is 368 g/mol. The molecule has 1 amide bonds. The molecule has 0 atom stereocenters. The molecule has 0 radical (unpaired) electrons. The van der Waals surface area contributed by atoms with Crippen LogP contribution in [0.15, 0.2) is 37.2 Å². The van der Waals surface area contributed by atoms with Gasteiger partial charge in [-0.25, -0.2) is 15.0 Å². The van der Waals surface area contributed by atoms with Crippen molar-refractivity contribution < 1.29 is 4.79 Å². The van der Waals surface area contributed by atoms with E-state index in [9.17, 15) is 4.79 Å². The van der Waals surface area contributed by atoms with Gasteiger partial charge in [0.05, 0.1) is 5.41 Å². The topological polar surface area (TPSA) is 104 Å². The van der Waals surface area contributed by atoms with Gasteiger partial charge >= 0.3 is 0 Å². The van der Waals surface area contributed by atoms with Gasteiger partial charge in [-0.3, -0.25) is 9.20 Å². The van der Waals surface area contributed by atoms with Gasteiger partial charge in [0.25, 0.3) is 0 Å². The molecule has 0 spiro atoms. The van der Waals surface area contributed by atoms with Crippen LogP contribution in [-0.2, 0) is 4.79 Å². The third kappa shape index (κ3) is 2.89. The summed E-state index contributed by atoms with van der Waals surface area (Å²) in [6.45, 7) is 2.01. The summed E-state index contributed by atoms with van der Waals surface area (Å²) in [5.41, 5.74) is 2.41. The molecule has 9 nitrogen and oxygen atoms in total. The van der Waals surface area contributed by atoms with Gasteiger partial charge in [-0.1, -0.05) is 6.92 Å². The molecular formula is C20H22N8O. The number of H-pyrrole nitrogens is 1. The Morgan fingerprint density at radius 1 is 1.28 bits per heavy atom. The maximum Gasteiger partial charge on any atom is 0.233 e. The Morgan fingerprint density at radius 3 is 2.90 bits per heavy atom. The number of aromatic nitrogens is 6. The van der Waals surface area contributed by atoms with Crippen LogP contribution >= 0.6 is 0 Å². The SMILES string of the molecule is CN(C)C(=O)C1(C)CC(Nc2ncc3c(-c4cnc5nccn5c4)c[nH]c3n2)C1. The molecule has 148 valence electrons. The smallest absolute Gasteiger partial charge is 0.233 e. The van der Waals surface area contributed by atoms with E-state index in [0.29, 0.717) is 11.7 Å². The minimum absolute atomic E-state index is 0.171. The van der Waals surface area contributed by atoms with Crippen molar-refractivity contribution in [3.05, 3.63) is 37.2 Å². The van der Waals surface area contributed by atoms with E-state index in [0.717, 1.165) is 35.0 Å². The van der Waals surface area contributed by atoms with E-state index in [4.69, 9.17) is 0 Å². The van der Waals surface area contributed by atoms with Crippen LogP contribution in [0.25, 0.3) is 27.9 Å². The fourth-order valence-corrected chi connectivity index (χ4v) is 4.20. The molecule has 0 aromatic carbocycles. The molecule has 0 bridgehead atoms. The third-order valence-electron chi connectivity index (χ3n) is 5.64. The molecule has 0 saturated heterocycles. The number of imidazole rings is 1. The molecule has 4 aromatic heterocycles. The Kier molecular flexibility index (Phi) is 3.80. The Morgan fingerprint density at radius 2 is 2.10 bits per heavy atom. The van der Waals surface area contributed by atoms with Gasteiger partial charge in [0, 0.05) is 73.8 Å². The summed E-state index contributed by atoms with van der Waals surface area (Å²) in [5, 5.41) is 4.28. The van der Waals surface area contributed by atoms with Gasteiger partial charge in [-0.05, 0) is 12.8 Å². The van der Waals surface area contributed by atoms with Crippen molar-refractivity contribution in [2.75, 3.05) is 19.4 Å². The predicted octanol–water partition coefficient (Wildman–Crippen LogP) is 2.34. The Hall–Kier alpha value is -3.49. The highest BCUT2D eigenvalue weighted by atomic mass is 16.2. The maximum absolute atomic E-state index is 12.3. The lowest BCUT2D eigenvalue weighted by Gasteiger charge is -2.45. The summed E-state index contributed by atoms with van der Waals surface area (Å²) in [7, 11) is 3.60. The Balaban J connectivity index is 1.35. The number of nitrogens with zero attached hydrogens (tertiary/aromatic N) is 6. The minimum atomic E-state index is -0.302. The first-order chi connectivity index (χ1) is 13.9. The average molecular weight is 390 g/mol. The lowest BCUT2D eigenvalue weighted by molar-refractivity contribution is -0.143. The van der Waals surface area contributed by atoms with E-state index < -0.39 is 0 Å². The maximum atomic E-state index is 12.3. The van der Waals surface area contributed by atoms with Gasteiger partial charge in [-0.15, -0.1) is 0 Å². The fourth-order valence-electron chi connectivity index (χ4n) is 4.20. The van der Waals surface area contributed by atoms with E-state index in [-0.39, 0.29) is 17.4 Å². The molecule has 0 aliphatic heterocycles. The van der Waals surface area contributed by atoms with Crippen LogP contribution in [0.2, 0.25) is 0 Å². The van der Waals surface area contributed by atoms with Crippen molar-refractivity contribution in [2.45, 2.75) is 25.8 Å². The summed E-state index contributed by atoms with van der Waals surface area (Å²) in [4.78, 5) is 34.8. The highest BCUT2D eigenvalue weighted by Gasteiger charge is 2.47. The zero-order valence-electron chi connectivity index (χ0n) is 16.5. The lowest BCUT2D eigenvalue weighted by atomic mass is 9.66.